The Morgan fingerprint density at radius 2 is 2.00 bits per heavy atom. The number of carbonyl (C=O) groups is 1. The molecule has 1 aromatic rings. The van der Waals surface area contributed by atoms with Gasteiger partial charge in [-0.15, -0.1) is 13.2 Å². The largest absolute Gasteiger partial charge is 0.325 e. The van der Waals surface area contributed by atoms with Gasteiger partial charge >= 0.3 is 0 Å². The van der Waals surface area contributed by atoms with E-state index in [1.54, 1.807) is 12.2 Å². The van der Waals surface area contributed by atoms with E-state index in [2.05, 4.69) is 18.5 Å². The maximum Gasteiger partial charge on any atom is 0.238 e. The van der Waals surface area contributed by atoms with E-state index in [1.165, 1.54) is 18.2 Å². The first kappa shape index (κ1) is 15.4. The van der Waals surface area contributed by atoms with Gasteiger partial charge in [-0.1, -0.05) is 23.8 Å². The Kier molecular flexibility index (Phi) is 6.25. The summed E-state index contributed by atoms with van der Waals surface area (Å²) in [5.41, 5.74) is 0.466. The second kappa shape index (κ2) is 7.71. The summed E-state index contributed by atoms with van der Waals surface area (Å²) in [5.74, 6) is -0.717. The molecular weight excluding hydrogens is 267 g/mol. The van der Waals surface area contributed by atoms with Gasteiger partial charge in [0.15, 0.2) is 0 Å². The van der Waals surface area contributed by atoms with Gasteiger partial charge in [-0.25, -0.2) is 4.39 Å². The van der Waals surface area contributed by atoms with Crippen molar-refractivity contribution in [2.75, 3.05) is 25.0 Å². The smallest absolute Gasteiger partial charge is 0.238 e. The molecule has 1 amide bonds. The molecule has 0 radical (unpaired) electrons. The van der Waals surface area contributed by atoms with Gasteiger partial charge in [0.25, 0.3) is 0 Å². The number of halogens is 2. The Labute approximate surface area is 117 Å². The summed E-state index contributed by atoms with van der Waals surface area (Å²) in [6.45, 7) is 8.63. The zero-order chi connectivity index (χ0) is 14.3. The third kappa shape index (κ3) is 5.24. The topological polar surface area (TPSA) is 32.3 Å². The Morgan fingerprint density at radius 3 is 2.53 bits per heavy atom. The number of rotatable bonds is 7. The third-order valence-corrected chi connectivity index (χ3v) is 2.63. The minimum absolute atomic E-state index is 0.0214. The maximum absolute atomic E-state index is 13.0. The summed E-state index contributed by atoms with van der Waals surface area (Å²) >= 11 is 5.64. The van der Waals surface area contributed by atoms with E-state index in [0.717, 1.165) is 0 Å². The van der Waals surface area contributed by atoms with Gasteiger partial charge in [0.1, 0.15) is 5.82 Å². The van der Waals surface area contributed by atoms with Crippen LogP contribution in [-0.4, -0.2) is 30.4 Å². The second-order valence-electron chi connectivity index (χ2n) is 3.95. The molecule has 0 aromatic heterocycles. The van der Waals surface area contributed by atoms with Crippen molar-refractivity contribution in [3.8, 4) is 0 Å². The summed E-state index contributed by atoms with van der Waals surface area (Å²) in [7, 11) is 0. The molecule has 0 heterocycles. The maximum atomic E-state index is 13.0. The zero-order valence-electron chi connectivity index (χ0n) is 10.5. The fourth-order valence-electron chi connectivity index (χ4n) is 1.55. The molecule has 0 aliphatic rings. The highest BCUT2D eigenvalue weighted by Crippen LogP contribution is 2.19. The highest BCUT2D eigenvalue weighted by molar-refractivity contribution is 6.31. The van der Waals surface area contributed by atoms with E-state index in [9.17, 15) is 9.18 Å². The van der Waals surface area contributed by atoms with Gasteiger partial charge in [0.05, 0.1) is 11.6 Å². The predicted octanol–water partition coefficient (Wildman–Crippen LogP) is 3.09. The average Bonchev–Trinajstić information content (AvgIpc) is 2.34. The lowest BCUT2D eigenvalue weighted by Gasteiger charge is -2.18. The van der Waals surface area contributed by atoms with E-state index in [-0.39, 0.29) is 17.5 Å². The van der Waals surface area contributed by atoms with Crippen molar-refractivity contribution < 1.29 is 9.18 Å². The van der Waals surface area contributed by atoms with Gasteiger partial charge in [0, 0.05) is 18.8 Å². The highest BCUT2D eigenvalue weighted by atomic mass is 35.5. The molecule has 5 heteroatoms. The van der Waals surface area contributed by atoms with Gasteiger partial charge < -0.3 is 5.32 Å². The van der Waals surface area contributed by atoms with Crippen molar-refractivity contribution in [2.24, 2.45) is 0 Å². The summed E-state index contributed by atoms with van der Waals surface area (Å²) in [4.78, 5) is 13.7. The Hall–Kier alpha value is -1.65. The van der Waals surface area contributed by atoms with E-state index < -0.39 is 5.82 Å². The number of nitrogens with zero attached hydrogens (tertiary/aromatic N) is 1. The molecule has 0 atom stereocenters. The van der Waals surface area contributed by atoms with Crippen molar-refractivity contribution in [3.05, 3.63) is 54.3 Å². The summed E-state index contributed by atoms with van der Waals surface area (Å²) in [6.07, 6.45) is 3.43. The molecule has 3 nitrogen and oxygen atoms in total. The first-order valence-corrected chi connectivity index (χ1v) is 6.13. The first-order valence-electron chi connectivity index (χ1n) is 5.76. The van der Waals surface area contributed by atoms with Crippen molar-refractivity contribution in [3.63, 3.8) is 0 Å². The molecular formula is C14H16ClFN2O. The number of hydrogen-bond acceptors (Lipinski definition) is 2. The van der Waals surface area contributed by atoms with Crippen LogP contribution in [0.4, 0.5) is 10.1 Å². The van der Waals surface area contributed by atoms with Crippen LogP contribution in [0.15, 0.2) is 43.5 Å². The normalized spacial score (nSPS) is 10.3. The molecule has 0 saturated heterocycles. The van der Waals surface area contributed by atoms with Crippen LogP contribution in [0.1, 0.15) is 0 Å². The molecule has 0 bridgehead atoms. The van der Waals surface area contributed by atoms with Crippen molar-refractivity contribution in [1.29, 1.82) is 0 Å². The SMILES string of the molecule is C=CCN(CC=C)CC(=O)Nc1ccc(F)c(Cl)c1. The summed E-state index contributed by atoms with van der Waals surface area (Å²) in [6, 6.07) is 4.05. The quantitative estimate of drug-likeness (QED) is 0.780. The molecule has 102 valence electrons. The van der Waals surface area contributed by atoms with Crippen LogP contribution in [0.5, 0.6) is 0 Å². The molecule has 0 spiro atoms. The van der Waals surface area contributed by atoms with Crippen LogP contribution < -0.4 is 5.32 Å². The standard InChI is InChI=1S/C14H16ClFN2O/c1-3-7-18(8-4-2)10-14(19)17-11-5-6-13(16)12(15)9-11/h3-6,9H,1-2,7-8,10H2,(H,17,19). The van der Waals surface area contributed by atoms with Crippen LogP contribution in [0, 0.1) is 5.82 Å². The molecule has 0 aliphatic carbocycles. The van der Waals surface area contributed by atoms with Gasteiger partial charge in [-0.2, -0.15) is 0 Å². The molecule has 0 unspecified atom stereocenters. The van der Waals surface area contributed by atoms with Crippen molar-refractivity contribution >= 4 is 23.2 Å². The second-order valence-corrected chi connectivity index (χ2v) is 4.36. The molecule has 1 aromatic carbocycles. The zero-order valence-corrected chi connectivity index (χ0v) is 11.3. The van der Waals surface area contributed by atoms with Crippen molar-refractivity contribution in [1.82, 2.24) is 4.90 Å². The van der Waals surface area contributed by atoms with Gasteiger partial charge in [0.2, 0.25) is 5.91 Å². The lowest BCUT2D eigenvalue weighted by Crippen LogP contribution is -2.33. The van der Waals surface area contributed by atoms with Gasteiger partial charge in [-0.05, 0) is 18.2 Å². The van der Waals surface area contributed by atoms with Crippen LogP contribution in [0.2, 0.25) is 5.02 Å². The fraction of sp³-hybridized carbons (Fsp3) is 0.214. The number of nitrogens with one attached hydrogen (secondary N) is 1. The van der Waals surface area contributed by atoms with E-state index in [0.29, 0.717) is 18.8 Å². The Bertz CT molecular complexity index is 467. The van der Waals surface area contributed by atoms with E-state index in [1.807, 2.05) is 4.90 Å². The number of anilines is 1. The third-order valence-electron chi connectivity index (χ3n) is 2.35. The van der Waals surface area contributed by atoms with Crippen LogP contribution in [0.25, 0.3) is 0 Å². The molecule has 0 fully saturated rings. The summed E-state index contributed by atoms with van der Waals surface area (Å²) < 4.78 is 13.0. The summed E-state index contributed by atoms with van der Waals surface area (Å²) in [5, 5.41) is 2.64. The minimum atomic E-state index is -0.514. The number of carbonyl (C=O) groups excluding carboxylic acids is 1. The first-order chi connectivity index (χ1) is 9.06. The minimum Gasteiger partial charge on any atom is -0.325 e. The molecule has 0 saturated carbocycles. The lowest BCUT2D eigenvalue weighted by molar-refractivity contribution is -0.117. The monoisotopic (exact) mass is 282 g/mol. The lowest BCUT2D eigenvalue weighted by atomic mass is 10.3. The molecule has 0 aliphatic heterocycles. The van der Waals surface area contributed by atoms with E-state index in [4.69, 9.17) is 11.6 Å². The van der Waals surface area contributed by atoms with Crippen LogP contribution in [-0.2, 0) is 4.79 Å². The average molecular weight is 283 g/mol. The predicted molar refractivity (Wildman–Crippen MR) is 76.9 cm³/mol. The Morgan fingerprint density at radius 1 is 1.37 bits per heavy atom. The van der Waals surface area contributed by atoms with Crippen LogP contribution >= 0.6 is 11.6 Å². The fourth-order valence-corrected chi connectivity index (χ4v) is 1.73. The molecule has 19 heavy (non-hydrogen) atoms. The van der Waals surface area contributed by atoms with Crippen LogP contribution in [0.3, 0.4) is 0 Å². The van der Waals surface area contributed by atoms with Gasteiger partial charge in [-0.3, -0.25) is 9.69 Å². The van der Waals surface area contributed by atoms with E-state index >= 15 is 0 Å². The Balaban J connectivity index is 2.60. The molecule has 1 rings (SSSR count). The molecule has 1 N–H and O–H groups in total. The highest BCUT2D eigenvalue weighted by Gasteiger charge is 2.09. The van der Waals surface area contributed by atoms with Crippen molar-refractivity contribution in [2.45, 2.75) is 0 Å². The number of benzene rings is 1. The number of hydrogen-bond donors (Lipinski definition) is 1. The number of amides is 1.